The topological polar surface area (TPSA) is 48.1 Å². The van der Waals surface area contributed by atoms with Crippen molar-refractivity contribution in [1.82, 2.24) is 15.2 Å². The molecule has 0 spiro atoms. The molecule has 2 aromatic rings. The van der Waals surface area contributed by atoms with Crippen LogP contribution in [0.25, 0.3) is 10.9 Å². The molecule has 0 bridgehead atoms. The van der Waals surface area contributed by atoms with Crippen molar-refractivity contribution in [2.24, 2.45) is 11.8 Å². The molecule has 1 aliphatic heterocycles. The maximum atomic E-state index is 12.1. The Labute approximate surface area is 138 Å². The number of benzene rings is 1. The number of aromatic amines is 1. The first-order chi connectivity index (χ1) is 11.1. The van der Waals surface area contributed by atoms with E-state index < -0.39 is 0 Å². The summed E-state index contributed by atoms with van der Waals surface area (Å²) in [6.07, 6.45) is 3.02. The van der Waals surface area contributed by atoms with Crippen molar-refractivity contribution < 1.29 is 4.79 Å². The van der Waals surface area contributed by atoms with Gasteiger partial charge in [-0.15, -0.1) is 0 Å². The number of nitrogens with one attached hydrogen (secondary N) is 2. The number of carbonyl (C=O) groups is 1. The molecule has 4 nitrogen and oxygen atoms in total. The van der Waals surface area contributed by atoms with Gasteiger partial charge in [0.05, 0.1) is 0 Å². The van der Waals surface area contributed by atoms with Crippen molar-refractivity contribution in [3.8, 4) is 0 Å². The van der Waals surface area contributed by atoms with E-state index in [9.17, 15) is 4.79 Å². The standard InChI is InChI=1S/C19H27N3O/c1-13(2)19(23)22-10-8-17(14(3)12-22)21-11-15-5-4-6-18-16(15)7-9-20-18/h4-7,9,13-14,17,20-21H,8,10-12H2,1-3H3/t14-,17-/m1/s1. The predicted octanol–water partition coefficient (Wildman–Crippen LogP) is 3.15. The number of hydrogen-bond acceptors (Lipinski definition) is 2. The van der Waals surface area contributed by atoms with Crippen molar-refractivity contribution in [3.63, 3.8) is 0 Å². The Morgan fingerprint density at radius 1 is 1.39 bits per heavy atom. The van der Waals surface area contributed by atoms with E-state index in [1.54, 1.807) is 0 Å². The van der Waals surface area contributed by atoms with Crippen LogP contribution < -0.4 is 5.32 Å². The van der Waals surface area contributed by atoms with E-state index in [-0.39, 0.29) is 11.8 Å². The SMILES string of the molecule is CC(C)C(=O)N1CC[C@@H](NCc2cccc3[nH]ccc23)[C@H](C)C1. The van der Waals surface area contributed by atoms with Crippen molar-refractivity contribution >= 4 is 16.8 Å². The van der Waals surface area contributed by atoms with Gasteiger partial charge in [-0.2, -0.15) is 0 Å². The van der Waals surface area contributed by atoms with Gasteiger partial charge >= 0.3 is 0 Å². The number of fused-ring (bicyclic) bond motifs is 1. The summed E-state index contributed by atoms with van der Waals surface area (Å²) < 4.78 is 0. The summed E-state index contributed by atoms with van der Waals surface area (Å²) in [7, 11) is 0. The summed E-state index contributed by atoms with van der Waals surface area (Å²) in [5.41, 5.74) is 2.52. The summed E-state index contributed by atoms with van der Waals surface area (Å²) in [4.78, 5) is 17.4. The molecule has 3 rings (SSSR count). The van der Waals surface area contributed by atoms with E-state index in [0.717, 1.165) is 26.1 Å². The largest absolute Gasteiger partial charge is 0.361 e. The van der Waals surface area contributed by atoms with Crippen molar-refractivity contribution in [3.05, 3.63) is 36.0 Å². The second-order valence-corrected chi connectivity index (χ2v) is 7.05. The van der Waals surface area contributed by atoms with Gasteiger partial charge in [0, 0.05) is 48.7 Å². The first kappa shape index (κ1) is 16.1. The van der Waals surface area contributed by atoms with E-state index in [1.807, 2.05) is 24.9 Å². The summed E-state index contributed by atoms with van der Waals surface area (Å²) >= 11 is 0. The highest BCUT2D eigenvalue weighted by Gasteiger charge is 2.29. The molecule has 0 radical (unpaired) electrons. The third kappa shape index (κ3) is 3.42. The molecular weight excluding hydrogens is 286 g/mol. The van der Waals surface area contributed by atoms with Crippen LogP contribution >= 0.6 is 0 Å². The molecule has 0 unspecified atom stereocenters. The average molecular weight is 313 g/mol. The lowest BCUT2D eigenvalue weighted by molar-refractivity contribution is -0.136. The quantitative estimate of drug-likeness (QED) is 0.911. The second kappa shape index (κ2) is 6.75. The van der Waals surface area contributed by atoms with E-state index in [2.05, 4.69) is 41.5 Å². The highest BCUT2D eigenvalue weighted by atomic mass is 16.2. The maximum absolute atomic E-state index is 12.1. The lowest BCUT2D eigenvalue weighted by Crippen LogP contribution is -2.50. The molecule has 23 heavy (non-hydrogen) atoms. The fourth-order valence-corrected chi connectivity index (χ4v) is 3.56. The molecule has 1 aromatic carbocycles. The zero-order valence-corrected chi connectivity index (χ0v) is 14.3. The van der Waals surface area contributed by atoms with Gasteiger partial charge in [-0.1, -0.05) is 32.9 Å². The first-order valence-corrected chi connectivity index (χ1v) is 8.63. The highest BCUT2D eigenvalue weighted by molar-refractivity contribution is 5.82. The molecule has 0 saturated carbocycles. The first-order valence-electron chi connectivity index (χ1n) is 8.63. The van der Waals surface area contributed by atoms with Crippen LogP contribution in [-0.2, 0) is 11.3 Å². The van der Waals surface area contributed by atoms with Gasteiger partial charge in [0.15, 0.2) is 0 Å². The number of rotatable bonds is 4. The predicted molar refractivity (Wildman–Crippen MR) is 94.1 cm³/mol. The summed E-state index contributed by atoms with van der Waals surface area (Å²) in [6.45, 7) is 8.82. The molecule has 1 amide bonds. The Hall–Kier alpha value is -1.81. The number of H-pyrrole nitrogens is 1. The van der Waals surface area contributed by atoms with Crippen LogP contribution in [0.4, 0.5) is 0 Å². The third-order valence-electron chi connectivity index (χ3n) is 4.95. The van der Waals surface area contributed by atoms with Crippen LogP contribution in [0, 0.1) is 11.8 Å². The summed E-state index contributed by atoms with van der Waals surface area (Å²) in [6, 6.07) is 9.01. The lowest BCUT2D eigenvalue weighted by Gasteiger charge is -2.38. The molecular formula is C19H27N3O. The van der Waals surface area contributed by atoms with E-state index in [4.69, 9.17) is 0 Å². The van der Waals surface area contributed by atoms with Gasteiger partial charge in [0.1, 0.15) is 0 Å². The molecule has 1 aliphatic rings. The summed E-state index contributed by atoms with van der Waals surface area (Å²) in [5.74, 6) is 0.863. The van der Waals surface area contributed by atoms with E-state index in [1.165, 1.54) is 16.5 Å². The Morgan fingerprint density at radius 3 is 2.96 bits per heavy atom. The molecule has 0 aliphatic carbocycles. The monoisotopic (exact) mass is 313 g/mol. The minimum Gasteiger partial charge on any atom is -0.361 e. The average Bonchev–Trinajstić information content (AvgIpc) is 3.02. The number of nitrogens with zero attached hydrogens (tertiary/aromatic N) is 1. The molecule has 124 valence electrons. The fourth-order valence-electron chi connectivity index (χ4n) is 3.56. The van der Waals surface area contributed by atoms with Gasteiger partial charge in [-0.3, -0.25) is 4.79 Å². The van der Waals surface area contributed by atoms with Crippen molar-refractivity contribution in [2.45, 2.75) is 39.8 Å². The van der Waals surface area contributed by atoms with Gasteiger partial charge < -0.3 is 15.2 Å². The molecule has 2 atom stereocenters. The van der Waals surface area contributed by atoms with Crippen molar-refractivity contribution in [2.75, 3.05) is 13.1 Å². The van der Waals surface area contributed by atoms with Gasteiger partial charge in [-0.05, 0) is 30.0 Å². The van der Waals surface area contributed by atoms with Crippen molar-refractivity contribution in [1.29, 1.82) is 0 Å². The Kier molecular flexibility index (Phi) is 4.71. The number of hydrogen-bond donors (Lipinski definition) is 2. The second-order valence-electron chi connectivity index (χ2n) is 7.05. The van der Waals surface area contributed by atoms with Crippen LogP contribution in [-0.4, -0.2) is 34.9 Å². The zero-order chi connectivity index (χ0) is 16.4. The molecule has 1 saturated heterocycles. The van der Waals surface area contributed by atoms with Crippen LogP contribution in [0.1, 0.15) is 32.8 Å². The number of amides is 1. The smallest absolute Gasteiger partial charge is 0.225 e. The fraction of sp³-hybridized carbons (Fsp3) is 0.526. The van der Waals surface area contributed by atoms with Crippen LogP contribution in [0.15, 0.2) is 30.5 Å². The molecule has 4 heteroatoms. The number of aromatic nitrogens is 1. The highest BCUT2D eigenvalue weighted by Crippen LogP contribution is 2.21. The third-order valence-corrected chi connectivity index (χ3v) is 4.95. The van der Waals surface area contributed by atoms with E-state index in [0.29, 0.717) is 12.0 Å². The maximum Gasteiger partial charge on any atom is 0.225 e. The number of carbonyl (C=O) groups excluding carboxylic acids is 1. The zero-order valence-electron chi connectivity index (χ0n) is 14.3. The minimum atomic E-state index is 0.0953. The van der Waals surface area contributed by atoms with E-state index >= 15 is 0 Å². The lowest BCUT2D eigenvalue weighted by atomic mass is 9.92. The van der Waals surface area contributed by atoms with Gasteiger partial charge in [0.2, 0.25) is 5.91 Å². The van der Waals surface area contributed by atoms with Crippen LogP contribution in [0.2, 0.25) is 0 Å². The molecule has 2 N–H and O–H groups in total. The van der Waals surface area contributed by atoms with Crippen LogP contribution in [0.3, 0.4) is 0 Å². The minimum absolute atomic E-state index is 0.0953. The molecule has 1 aromatic heterocycles. The normalized spacial score (nSPS) is 22.0. The molecule has 1 fully saturated rings. The molecule has 2 heterocycles. The van der Waals surface area contributed by atoms with Gasteiger partial charge in [-0.25, -0.2) is 0 Å². The van der Waals surface area contributed by atoms with Crippen LogP contribution in [0.5, 0.6) is 0 Å². The Bertz CT molecular complexity index is 676. The number of piperidine rings is 1. The Morgan fingerprint density at radius 2 is 2.22 bits per heavy atom. The van der Waals surface area contributed by atoms with Gasteiger partial charge in [0.25, 0.3) is 0 Å². The Balaban J connectivity index is 1.59. The number of likely N-dealkylation sites (tertiary alicyclic amines) is 1. The summed E-state index contributed by atoms with van der Waals surface area (Å²) in [5, 5.41) is 5.00.